The summed E-state index contributed by atoms with van der Waals surface area (Å²) in [6, 6.07) is -0.198. The normalized spacial score (nSPS) is 21.0. The molecule has 0 radical (unpaired) electrons. The van der Waals surface area contributed by atoms with E-state index in [1.54, 1.807) is 6.92 Å². The van der Waals surface area contributed by atoms with Gasteiger partial charge in [0.25, 0.3) is 0 Å². The highest BCUT2D eigenvalue weighted by Crippen LogP contribution is 2.39. The molecule has 1 saturated carbocycles. The molecular weight excluding hydrogens is 164 g/mol. The van der Waals surface area contributed by atoms with Crippen LogP contribution in [0.2, 0.25) is 0 Å². The highest BCUT2D eigenvalue weighted by molar-refractivity contribution is 5.84. The van der Waals surface area contributed by atoms with Crippen LogP contribution in [0.25, 0.3) is 0 Å². The Kier molecular flexibility index (Phi) is 2.94. The van der Waals surface area contributed by atoms with Crippen molar-refractivity contribution in [3.63, 3.8) is 0 Å². The molecule has 0 spiro atoms. The van der Waals surface area contributed by atoms with Gasteiger partial charge in [0.2, 0.25) is 5.91 Å². The monoisotopic (exact) mass is 180 g/mol. The van der Waals surface area contributed by atoms with Crippen molar-refractivity contribution in [2.24, 2.45) is 11.1 Å². The van der Waals surface area contributed by atoms with Crippen LogP contribution in [0, 0.1) is 17.8 Å². The molecule has 13 heavy (non-hydrogen) atoms. The Hall–Kier alpha value is -1.01. The van der Waals surface area contributed by atoms with Crippen LogP contribution in [0.3, 0.4) is 0 Å². The van der Waals surface area contributed by atoms with Crippen LogP contribution in [-0.2, 0) is 4.79 Å². The predicted molar refractivity (Wildman–Crippen MR) is 51.8 cm³/mol. The number of carbonyl (C=O) groups excluding carboxylic acids is 1. The Morgan fingerprint density at radius 3 is 2.69 bits per heavy atom. The van der Waals surface area contributed by atoms with Gasteiger partial charge in [-0.3, -0.25) is 4.79 Å². The van der Waals surface area contributed by atoms with Crippen molar-refractivity contribution in [2.45, 2.75) is 32.2 Å². The first-order valence-corrected chi connectivity index (χ1v) is 4.62. The fraction of sp³-hybridized carbons (Fsp3) is 0.700. The predicted octanol–water partition coefficient (Wildman–Crippen LogP) is 0.253. The van der Waals surface area contributed by atoms with Gasteiger partial charge in [-0.15, -0.1) is 6.42 Å². The van der Waals surface area contributed by atoms with E-state index in [1.807, 2.05) is 0 Å². The molecular formula is C10H16N2O. The third-order valence-corrected chi connectivity index (χ3v) is 2.78. The van der Waals surface area contributed by atoms with Gasteiger partial charge in [-0.05, 0) is 19.8 Å². The van der Waals surface area contributed by atoms with Crippen LogP contribution in [0.15, 0.2) is 0 Å². The molecule has 1 aliphatic rings. The van der Waals surface area contributed by atoms with Crippen LogP contribution < -0.4 is 11.1 Å². The molecule has 0 heterocycles. The summed E-state index contributed by atoms with van der Waals surface area (Å²) in [4.78, 5) is 11.7. The van der Waals surface area contributed by atoms with E-state index in [1.165, 1.54) is 0 Å². The van der Waals surface area contributed by atoms with Gasteiger partial charge in [0.05, 0.1) is 11.5 Å². The molecule has 1 amide bonds. The van der Waals surface area contributed by atoms with E-state index >= 15 is 0 Å². The van der Waals surface area contributed by atoms with Gasteiger partial charge in [0, 0.05) is 6.54 Å². The molecule has 0 aromatic carbocycles. The molecule has 0 saturated heterocycles. The Labute approximate surface area is 79.1 Å². The van der Waals surface area contributed by atoms with E-state index in [0.29, 0.717) is 6.54 Å². The number of nitrogens with two attached hydrogens (primary N) is 1. The third-order valence-electron chi connectivity index (χ3n) is 2.78. The molecule has 0 aromatic heterocycles. The molecule has 0 aromatic rings. The highest BCUT2D eigenvalue weighted by atomic mass is 16.2. The highest BCUT2D eigenvalue weighted by Gasteiger charge is 2.42. The van der Waals surface area contributed by atoms with Crippen LogP contribution in [0.1, 0.15) is 26.2 Å². The van der Waals surface area contributed by atoms with Gasteiger partial charge >= 0.3 is 0 Å². The SMILES string of the molecule is C#CC(C)NC(=O)C1(CN)CCC1. The smallest absolute Gasteiger partial charge is 0.228 e. The zero-order valence-corrected chi connectivity index (χ0v) is 7.97. The van der Waals surface area contributed by atoms with Gasteiger partial charge in [-0.1, -0.05) is 12.3 Å². The second kappa shape index (κ2) is 3.80. The number of carbonyl (C=O) groups is 1. The van der Waals surface area contributed by atoms with E-state index in [0.717, 1.165) is 19.3 Å². The van der Waals surface area contributed by atoms with Crippen molar-refractivity contribution in [3.8, 4) is 12.3 Å². The van der Waals surface area contributed by atoms with Crippen LogP contribution in [0.4, 0.5) is 0 Å². The lowest BCUT2D eigenvalue weighted by molar-refractivity contribution is -0.135. The van der Waals surface area contributed by atoms with Crippen molar-refractivity contribution in [2.75, 3.05) is 6.54 Å². The molecule has 3 heteroatoms. The summed E-state index contributed by atoms with van der Waals surface area (Å²) in [6.45, 7) is 2.22. The summed E-state index contributed by atoms with van der Waals surface area (Å²) in [5.41, 5.74) is 5.26. The van der Waals surface area contributed by atoms with Gasteiger partial charge in [-0.25, -0.2) is 0 Å². The van der Waals surface area contributed by atoms with Gasteiger partial charge < -0.3 is 11.1 Å². The van der Waals surface area contributed by atoms with E-state index < -0.39 is 0 Å². The summed E-state index contributed by atoms with van der Waals surface area (Å²) in [7, 11) is 0. The van der Waals surface area contributed by atoms with Crippen molar-refractivity contribution in [1.82, 2.24) is 5.32 Å². The molecule has 3 N–H and O–H groups in total. The number of amides is 1. The van der Waals surface area contributed by atoms with E-state index in [-0.39, 0.29) is 17.4 Å². The molecule has 72 valence electrons. The molecule has 1 fully saturated rings. The second-order valence-corrected chi connectivity index (χ2v) is 3.70. The van der Waals surface area contributed by atoms with E-state index in [4.69, 9.17) is 12.2 Å². The Morgan fingerprint density at radius 2 is 2.38 bits per heavy atom. The summed E-state index contributed by atoms with van der Waals surface area (Å²) in [5.74, 6) is 2.49. The number of hydrogen-bond donors (Lipinski definition) is 2. The Morgan fingerprint density at radius 1 is 1.77 bits per heavy atom. The van der Waals surface area contributed by atoms with Crippen molar-refractivity contribution in [1.29, 1.82) is 0 Å². The van der Waals surface area contributed by atoms with Crippen LogP contribution >= 0.6 is 0 Å². The number of hydrogen-bond acceptors (Lipinski definition) is 2. The van der Waals surface area contributed by atoms with Crippen molar-refractivity contribution >= 4 is 5.91 Å². The number of nitrogens with one attached hydrogen (secondary N) is 1. The maximum Gasteiger partial charge on any atom is 0.228 e. The fourth-order valence-corrected chi connectivity index (χ4v) is 1.52. The lowest BCUT2D eigenvalue weighted by Gasteiger charge is -2.39. The van der Waals surface area contributed by atoms with Gasteiger partial charge in [0.1, 0.15) is 0 Å². The molecule has 1 unspecified atom stereocenters. The lowest BCUT2D eigenvalue weighted by Crippen LogP contribution is -2.52. The topological polar surface area (TPSA) is 55.1 Å². The molecule has 1 rings (SSSR count). The quantitative estimate of drug-likeness (QED) is 0.612. The molecule has 0 aliphatic heterocycles. The van der Waals surface area contributed by atoms with E-state index in [9.17, 15) is 4.79 Å². The minimum atomic E-state index is -0.314. The van der Waals surface area contributed by atoms with Gasteiger partial charge in [0.15, 0.2) is 0 Å². The second-order valence-electron chi connectivity index (χ2n) is 3.70. The third kappa shape index (κ3) is 1.84. The van der Waals surface area contributed by atoms with Crippen molar-refractivity contribution in [3.05, 3.63) is 0 Å². The average Bonchev–Trinajstić information content (AvgIpc) is 2.03. The first-order chi connectivity index (χ1) is 6.14. The first kappa shape index (κ1) is 10.1. The maximum atomic E-state index is 11.7. The fourth-order valence-electron chi connectivity index (χ4n) is 1.52. The van der Waals surface area contributed by atoms with Crippen LogP contribution in [0.5, 0.6) is 0 Å². The summed E-state index contributed by atoms with van der Waals surface area (Å²) in [6.07, 6.45) is 8.05. The molecule has 3 nitrogen and oxygen atoms in total. The first-order valence-electron chi connectivity index (χ1n) is 4.62. The minimum Gasteiger partial charge on any atom is -0.342 e. The van der Waals surface area contributed by atoms with E-state index in [2.05, 4.69) is 11.2 Å². The zero-order chi connectivity index (χ0) is 9.90. The average molecular weight is 180 g/mol. The molecule has 1 atom stereocenters. The van der Waals surface area contributed by atoms with Gasteiger partial charge in [-0.2, -0.15) is 0 Å². The maximum absolute atomic E-state index is 11.7. The van der Waals surface area contributed by atoms with Crippen molar-refractivity contribution < 1.29 is 4.79 Å². The Balaban J connectivity index is 2.52. The summed E-state index contributed by atoms with van der Waals surface area (Å²) >= 11 is 0. The minimum absolute atomic E-state index is 0.0201. The number of rotatable bonds is 3. The standard InChI is InChI=1S/C10H16N2O/c1-3-8(2)12-9(13)10(7-11)5-4-6-10/h1,8H,4-7,11H2,2H3,(H,12,13). The number of terminal acetylenes is 1. The zero-order valence-electron chi connectivity index (χ0n) is 7.97. The Bertz CT molecular complexity index is 232. The lowest BCUT2D eigenvalue weighted by atomic mass is 9.68. The summed E-state index contributed by atoms with van der Waals surface area (Å²) in [5, 5.41) is 2.77. The molecule has 1 aliphatic carbocycles. The van der Waals surface area contributed by atoms with Crippen LogP contribution in [-0.4, -0.2) is 18.5 Å². The molecule has 0 bridgehead atoms. The summed E-state index contributed by atoms with van der Waals surface area (Å²) < 4.78 is 0. The largest absolute Gasteiger partial charge is 0.342 e.